The maximum atomic E-state index is 10.0. The van der Waals surface area contributed by atoms with Gasteiger partial charge < -0.3 is 0 Å². The van der Waals surface area contributed by atoms with E-state index in [0.717, 1.165) is 24.2 Å². The smallest absolute Gasteiger partial charge is 0.0692 e. The van der Waals surface area contributed by atoms with Crippen LogP contribution in [0.3, 0.4) is 0 Å². The summed E-state index contributed by atoms with van der Waals surface area (Å²) in [6.07, 6.45) is 7.28. The van der Waals surface area contributed by atoms with Crippen LogP contribution in [0.5, 0.6) is 0 Å². The van der Waals surface area contributed by atoms with Gasteiger partial charge in [0.2, 0.25) is 0 Å². The summed E-state index contributed by atoms with van der Waals surface area (Å²) in [5.74, 6) is 5.47. The first-order valence-corrected chi connectivity index (χ1v) is 10.2. The fourth-order valence-corrected chi connectivity index (χ4v) is 7.92. The molecule has 0 saturated heterocycles. The topological polar surface area (TPSA) is 47.6 Å². The Morgan fingerprint density at radius 2 is 1.58 bits per heavy atom. The maximum Gasteiger partial charge on any atom is 0.0692 e. The Balaban J connectivity index is 1.79. The molecule has 0 aromatic carbocycles. The van der Waals surface area contributed by atoms with Gasteiger partial charge in [0, 0.05) is 0 Å². The largest absolute Gasteiger partial charge is 0.198 e. The van der Waals surface area contributed by atoms with E-state index in [1.54, 1.807) is 0 Å². The molecule has 4 aliphatic carbocycles. The van der Waals surface area contributed by atoms with Gasteiger partial charge >= 0.3 is 0 Å². The zero-order chi connectivity index (χ0) is 17.3. The molecule has 4 fully saturated rings. The van der Waals surface area contributed by atoms with Crippen molar-refractivity contribution >= 4 is 0 Å². The Hall–Kier alpha value is -1.02. The normalized spacial score (nSPS) is 58.9. The van der Waals surface area contributed by atoms with Gasteiger partial charge in [-0.2, -0.15) is 10.5 Å². The van der Waals surface area contributed by atoms with E-state index < -0.39 is 0 Å². The predicted molar refractivity (Wildman–Crippen MR) is 94.4 cm³/mol. The minimum atomic E-state index is -0.155. The van der Waals surface area contributed by atoms with E-state index in [9.17, 15) is 10.5 Å². The first kappa shape index (κ1) is 16.4. The van der Waals surface area contributed by atoms with Crippen LogP contribution >= 0.6 is 0 Å². The zero-order valence-corrected chi connectivity index (χ0v) is 15.8. The molecular formula is C22H32N2. The van der Waals surface area contributed by atoms with Crippen LogP contribution in [0.15, 0.2) is 0 Å². The third kappa shape index (κ3) is 1.92. The van der Waals surface area contributed by atoms with E-state index >= 15 is 0 Å². The van der Waals surface area contributed by atoms with E-state index in [-0.39, 0.29) is 10.8 Å². The van der Waals surface area contributed by atoms with Crippen molar-refractivity contribution in [2.75, 3.05) is 0 Å². The molecule has 2 heteroatoms. The summed E-state index contributed by atoms with van der Waals surface area (Å²) in [6.45, 7) is 9.28. The van der Waals surface area contributed by atoms with Crippen LogP contribution in [0.1, 0.15) is 66.2 Å². The predicted octanol–water partition coefficient (Wildman–Crippen LogP) is 5.41. The van der Waals surface area contributed by atoms with E-state index in [0.29, 0.717) is 29.6 Å². The zero-order valence-electron chi connectivity index (χ0n) is 15.8. The number of nitriles is 2. The highest BCUT2D eigenvalue weighted by atomic mass is 14.7. The van der Waals surface area contributed by atoms with Gasteiger partial charge in [0.25, 0.3) is 0 Å². The van der Waals surface area contributed by atoms with E-state index in [2.05, 4.69) is 39.8 Å². The molecule has 0 heterocycles. The molecule has 10 atom stereocenters. The average molecular weight is 325 g/mol. The Morgan fingerprint density at radius 1 is 0.875 bits per heavy atom. The minimum Gasteiger partial charge on any atom is -0.198 e. The fourth-order valence-electron chi connectivity index (χ4n) is 7.92. The standard InChI is InChI=1S/C22H32N2/c1-13-9-15-10-14(2)22(4,12-24)18-6-5-17-20(19(15)18)16(13)7-8-21(17,3)11-23/h13-20H,5-10H2,1-4H3/t13-,14+,15-,16+,17-,18-,19+,20+,21+,22+/m0/s1. The maximum absolute atomic E-state index is 10.0. The van der Waals surface area contributed by atoms with Gasteiger partial charge in [-0.3, -0.25) is 0 Å². The van der Waals surface area contributed by atoms with Crippen LogP contribution in [-0.4, -0.2) is 0 Å². The van der Waals surface area contributed by atoms with Gasteiger partial charge in [0.1, 0.15) is 0 Å². The number of hydrogen-bond donors (Lipinski definition) is 0. The molecule has 4 aliphatic rings. The highest BCUT2D eigenvalue weighted by Gasteiger charge is 2.63. The van der Waals surface area contributed by atoms with E-state index in [1.807, 2.05) is 0 Å². The Bertz CT molecular complexity index is 612. The number of nitrogens with zero attached hydrogens (tertiary/aromatic N) is 2. The molecule has 0 unspecified atom stereocenters. The summed E-state index contributed by atoms with van der Waals surface area (Å²) in [7, 11) is 0. The molecule has 0 aromatic rings. The highest BCUT2D eigenvalue weighted by molar-refractivity contribution is 5.18. The molecule has 0 spiro atoms. The van der Waals surface area contributed by atoms with Gasteiger partial charge in [-0.1, -0.05) is 13.8 Å². The Morgan fingerprint density at radius 3 is 2.25 bits per heavy atom. The Labute approximate surface area is 147 Å². The lowest BCUT2D eigenvalue weighted by Crippen LogP contribution is -2.60. The third-order valence-electron chi connectivity index (χ3n) is 9.37. The second-order valence-corrected chi connectivity index (χ2v) is 10.2. The van der Waals surface area contributed by atoms with Gasteiger partial charge in [0.05, 0.1) is 23.0 Å². The summed E-state index contributed by atoms with van der Waals surface area (Å²) >= 11 is 0. The fraction of sp³-hybridized carbons (Fsp3) is 0.909. The average Bonchev–Trinajstić information content (AvgIpc) is 2.58. The van der Waals surface area contributed by atoms with Gasteiger partial charge in [0.15, 0.2) is 0 Å². The number of hydrogen-bond acceptors (Lipinski definition) is 2. The van der Waals surface area contributed by atoms with Crippen LogP contribution in [-0.2, 0) is 0 Å². The molecule has 0 aromatic heterocycles. The summed E-state index contributed by atoms with van der Waals surface area (Å²) in [6, 6.07) is 5.49. The lowest BCUT2D eigenvalue weighted by Gasteiger charge is -2.65. The molecular weight excluding hydrogens is 292 g/mol. The molecule has 2 nitrogen and oxygen atoms in total. The molecule has 130 valence electrons. The molecule has 4 rings (SSSR count). The molecule has 0 radical (unpaired) electrons. The second kappa shape index (κ2) is 5.24. The van der Waals surface area contributed by atoms with Crippen molar-refractivity contribution in [2.45, 2.75) is 66.2 Å². The molecule has 0 aliphatic heterocycles. The summed E-state index contributed by atoms with van der Waals surface area (Å²) < 4.78 is 0. The molecule has 0 amide bonds. The first-order chi connectivity index (χ1) is 11.4. The molecule has 4 saturated carbocycles. The lowest BCUT2D eigenvalue weighted by atomic mass is 9.38. The van der Waals surface area contributed by atoms with Crippen LogP contribution in [0, 0.1) is 80.8 Å². The Kier molecular flexibility index (Phi) is 3.59. The molecule has 0 bridgehead atoms. The van der Waals surface area contributed by atoms with Crippen molar-refractivity contribution in [1.29, 1.82) is 10.5 Å². The molecule has 24 heavy (non-hydrogen) atoms. The van der Waals surface area contributed by atoms with Crippen LogP contribution < -0.4 is 0 Å². The van der Waals surface area contributed by atoms with Crippen LogP contribution in [0.2, 0.25) is 0 Å². The van der Waals surface area contributed by atoms with Crippen molar-refractivity contribution in [3.05, 3.63) is 0 Å². The van der Waals surface area contributed by atoms with Crippen LogP contribution in [0.25, 0.3) is 0 Å². The van der Waals surface area contributed by atoms with E-state index in [4.69, 9.17) is 0 Å². The SMILES string of the molecule is C[C@@H]1C[C@@H]2C[C@H](C)[C@H]3CC[C@](C)(C#N)[C@H]4CC[C@@H]([C@@H]2[C@H]34)[C@]1(C)C#N. The third-order valence-corrected chi connectivity index (χ3v) is 9.37. The van der Waals surface area contributed by atoms with Crippen molar-refractivity contribution in [2.24, 2.45) is 58.2 Å². The highest BCUT2D eigenvalue weighted by Crippen LogP contribution is 2.68. The van der Waals surface area contributed by atoms with Crippen molar-refractivity contribution in [3.8, 4) is 12.1 Å². The van der Waals surface area contributed by atoms with E-state index in [1.165, 1.54) is 32.1 Å². The summed E-state index contributed by atoms with van der Waals surface area (Å²) in [5, 5.41) is 19.9. The first-order valence-electron chi connectivity index (χ1n) is 10.2. The van der Waals surface area contributed by atoms with Crippen molar-refractivity contribution in [1.82, 2.24) is 0 Å². The van der Waals surface area contributed by atoms with Crippen molar-refractivity contribution in [3.63, 3.8) is 0 Å². The quantitative estimate of drug-likeness (QED) is 0.598. The summed E-state index contributed by atoms with van der Waals surface area (Å²) in [5.41, 5.74) is -0.280. The second-order valence-electron chi connectivity index (χ2n) is 10.2. The lowest BCUT2D eigenvalue weighted by molar-refractivity contribution is -0.164. The van der Waals surface area contributed by atoms with Crippen molar-refractivity contribution < 1.29 is 0 Å². The minimum absolute atomic E-state index is 0.125. The van der Waals surface area contributed by atoms with Gasteiger partial charge in [-0.15, -0.1) is 0 Å². The van der Waals surface area contributed by atoms with Gasteiger partial charge in [-0.25, -0.2) is 0 Å². The van der Waals surface area contributed by atoms with Crippen LogP contribution in [0.4, 0.5) is 0 Å². The summed E-state index contributed by atoms with van der Waals surface area (Å²) in [4.78, 5) is 0. The molecule has 0 N–H and O–H groups in total. The monoisotopic (exact) mass is 324 g/mol. The number of rotatable bonds is 0. The van der Waals surface area contributed by atoms with Gasteiger partial charge in [-0.05, 0) is 99.7 Å².